The minimum Gasteiger partial charge on any atom is -0.348 e. The molecular weight excluding hydrogens is 421 g/mol. The van der Waals surface area contributed by atoms with Crippen LogP contribution in [0.25, 0.3) is 0 Å². The largest absolute Gasteiger partial charge is 0.416 e. The second kappa shape index (κ2) is 10.4. The quantitative estimate of drug-likeness (QED) is 0.667. The molecule has 176 valence electrons. The molecule has 10 heteroatoms. The van der Waals surface area contributed by atoms with Gasteiger partial charge in [-0.2, -0.15) is 13.2 Å². The van der Waals surface area contributed by atoms with Crippen LogP contribution >= 0.6 is 0 Å². The second-order valence-electron chi connectivity index (χ2n) is 8.62. The minimum atomic E-state index is -4.31. The molecule has 32 heavy (non-hydrogen) atoms. The molecule has 1 fully saturated rings. The topological polar surface area (TPSA) is 66.3 Å². The van der Waals surface area contributed by atoms with Crippen molar-refractivity contribution in [3.63, 3.8) is 0 Å². The Balaban J connectivity index is 1.43. The number of piperazine rings is 1. The molecule has 0 radical (unpaired) electrons. The average Bonchev–Trinajstić information content (AvgIpc) is 3.21. The monoisotopic (exact) mass is 452 g/mol. The maximum absolute atomic E-state index is 12.9. The number of halogens is 3. The van der Waals surface area contributed by atoms with Gasteiger partial charge in [0.1, 0.15) is 0 Å². The van der Waals surface area contributed by atoms with Gasteiger partial charge < -0.3 is 5.32 Å². The number of alkyl halides is 3. The smallest absolute Gasteiger partial charge is 0.348 e. The number of carbonyl (C=O) groups is 1. The van der Waals surface area contributed by atoms with Crippen LogP contribution < -0.4 is 5.32 Å². The summed E-state index contributed by atoms with van der Waals surface area (Å²) in [5.41, 5.74) is 0.426. The third-order valence-electron chi connectivity index (χ3n) is 5.65. The third kappa shape index (κ3) is 6.77. The number of nitrogens with one attached hydrogen (secondary N) is 1. The van der Waals surface area contributed by atoms with E-state index in [2.05, 4.69) is 32.4 Å². The van der Waals surface area contributed by atoms with Crippen LogP contribution in [0.5, 0.6) is 0 Å². The second-order valence-corrected chi connectivity index (χ2v) is 8.62. The predicted molar refractivity (Wildman–Crippen MR) is 115 cm³/mol. The van der Waals surface area contributed by atoms with E-state index in [1.54, 1.807) is 16.9 Å². The van der Waals surface area contributed by atoms with Crippen molar-refractivity contribution in [2.75, 3.05) is 32.7 Å². The molecule has 1 aliphatic rings. The lowest BCUT2D eigenvalue weighted by Crippen LogP contribution is -2.50. The molecule has 2 aromatic rings. The molecule has 0 spiro atoms. The van der Waals surface area contributed by atoms with E-state index in [1.807, 2.05) is 13.8 Å². The fourth-order valence-electron chi connectivity index (χ4n) is 3.86. The van der Waals surface area contributed by atoms with Gasteiger partial charge in [0.2, 0.25) is 0 Å². The van der Waals surface area contributed by atoms with Crippen molar-refractivity contribution >= 4 is 5.91 Å². The highest BCUT2D eigenvalue weighted by atomic mass is 19.4. The highest BCUT2D eigenvalue weighted by Crippen LogP contribution is 2.30. The zero-order valence-corrected chi connectivity index (χ0v) is 18.8. The Morgan fingerprint density at radius 1 is 1.12 bits per heavy atom. The minimum absolute atomic E-state index is 0.0416. The normalized spacial score (nSPS) is 17.0. The molecular formula is C22H31F3N6O. The Morgan fingerprint density at radius 3 is 2.50 bits per heavy atom. The molecule has 7 nitrogen and oxygen atoms in total. The van der Waals surface area contributed by atoms with E-state index in [9.17, 15) is 18.0 Å². The summed E-state index contributed by atoms with van der Waals surface area (Å²) in [6, 6.07) is 5.81. The molecule has 1 aliphatic heterocycles. The van der Waals surface area contributed by atoms with Crippen LogP contribution in [0.3, 0.4) is 0 Å². The van der Waals surface area contributed by atoms with Crippen molar-refractivity contribution in [2.45, 2.75) is 52.0 Å². The molecule has 1 amide bonds. The van der Waals surface area contributed by atoms with Gasteiger partial charge in [-0.15, -0.1) is 5.10 Å². The summed E-state index contributed by atoms with van der Waals surface area (Å²) in [6.07, 6.45) is -2.07. The molecule has 1 aromatic carbocycles. The van der Waals surface area contributed by atoms with E-state index in [1.165, 1.54) is 12.1 Å². The Bertz CT molecular complexity index is 890. The molecule has 1 atom stereocenters. The van der Waals surface area contributed by atoms with Gasteiger partial charge >= 0.3 is 6.18 Å². The Morgan fingerprint density at radius 2 is 1.84 bits per heavy atom. The van der Waals surface area contributed by atoms with E-state index in [0.717, 1.165) is 38.8 Å². The Kier molecular flexibility index (Phi) is 7.89. The summed E-state index contributed by atoms with van der Waals surface area (Å²) >= 11 is 0. The maximum atomic E-state index is 12.9. The fraction of sp³-hybridized carbons (Fsp3) is 0.591. The maximum Gasteiger partial charge on any atom is 0.416 e. The Labute approximate surface area is 186 Å². The lowest BCUT2D eigenvalue weighted by Gasteiger charge is -2.38. The van der Waals surface area contributed by atoms with Gasteiger partial charge in [0.25, 0.3) is 5.91 Å². The third-order valence-corrected chi connectivity index (χ3v) is 5.65. The van der Waals surface area contributed by atoms with Crippen LogP contribution in [-0.2, 0) is 19.1 Å². The van der Waals surface area contributed by atoms with Crippen LogP contribution in [0.15, 0.2) is 30.5 Å². The number of rotatable bonds is 8. The average molecular weight is 453 g/mol. The van der Waals surface area contributed by atoms with Crippen LogP contribution in [0.1, 0.15) is 42.4 Å². The van der Waals surface area contributed by atoms with Gasteiger partial charge in [-0.1, -0.05) is 23.4 Å². The summed E-state index contributed by atoms with van der Waals surface area (Å²) in [5.74, 6) is -0.227. The summed E-state index contributed by atoms with van der Waals surface area (Å²) in [4.78, 5) is 16.6. The van der Waals surface area contributed by atoms with Gasteiger partial charge in [-0.05, 0) is 38.8 Å². The van der Waals surface area contributed by atoms with Gasteiger partial charge in [-0.25, -0.2) is 0 Å². The molecule has 0 saturated carbocycles. The lowest BCUT2D eigenvalue weighted by molar-refractivity contribution is -0.137. The van der Waals surface area contributed by atoms with Gasteiger partial charge in [0.05, 0.1) is 18.3 Å². The van der Waals surface area contributed by atoms with Gasteiger partial charge in [-0.3, -0.25) is 19.3 Å². The molecule has 0 bridgehead atoms. The summed E-state index contributed by atoms with van der Waals surface area (Å²) in [7, 11) is 0. The standard InChI is InChI=1S/C22H31F3N6O/c1-16(2)26-21(32)20-15-31(28-27-20)12-9-29-7-10-30(11-8-29)17(3)13-18-5-4-6-19(14-18)22(23,24)25/h4-6,14-17H,7-13H2,1-3H3,(H,26,32). The van der Waals surface area contributed by atoms with Crippen molar-refractivity contribution in [1.29, 1.82) is 0 Å². The molecule has 1 N–H and O–H groups in total. The fourth-order valence-corrected chi connectivity index (χ4v) is 3.86. The molecule has 3 rings (SSSR count). The number of carbonyl (C=O) groups excluding carboxylic acids is 1. The lowest BCUT2D eigenvalue weighted by atomic mass is 10.0. The predicted octanol–water partition coefficient (Wildman–Crippen LogP) is 2.68. The van der Waals surface area contributed by atoms with Gasteiger partial charge in [0, 0.05) is 44.8 Å². The van der Waals surface area contributed by atoms with E-state index >= 15 is 0 Å². The van der Waals surface area contributed by atoms with Crippen LogP contribution in [0.4, 0.5) is 13.2 Å². The summed E-state index contributed by atoms with van der Waals surface area (Å²) < 4.78 is 40.5. The van der Waals surface area contributed by atoms with Gasteiger partial charge in [0.15, 0.2) is 5.69 Å². The zero-order valence-electron chi connectivity index (χ0n) is 18.8. The van der Waals surface area contributed by atoms with E-state index in [4.69, 9.17) is 0 Å². The SMILES string of the molecule is CC(C)NC(=O)c1cn(CCN2CCN(C(C)Cc3cccc(C(F)(F)F)c3)CC2)nn1. The molecule has 1 aromatic heterocycles. The first kappa shape index (κ1) is 24.2. The highest BCUT2D eigenvalue weighted by Gasteiger charge is 2.30. The summed E-state index contributed by atoms with van der Waals surface area (Å²) in [6.45, 7) is 10.8. The van der Waals surface area contributed by atoms with E-state index in [0.29, 0.717) is 24.2 Å². The first-order valence-electron chi connectivity index (χ1n) is 11.0. The van der Waals surface area contributed by atoms with Crippen molar-refractivity contribution in [3.05, 3.63) is 47.3 Å². The number of nitrogens with zero attached hydrogens (tertiary/aromatic N) is 5. The number of hydrogen-bond acceptors (Lipinski definition) is 5. The number of aromatic nitrogens is 3. The van der Waals surface area contributed by atoms with E-state index in [-0.39, 0.29) is 18.0 Å². The molecule has 1 unspecified atom stereocenters. The van der Waals surface area contributed by atoms with Crippen LogP contribution in [0, 0.1) is 0 Å². The zero-order chi connectivity index (χ0) is 23.3. The summed E-state index contributed by atoms with van der Waals surface area (Å²) in [5, 5.41) is 10.8. The highest BCUT2D eigenvalue weighted by molar-refractivity contribution is 5.91. The van der Waals surface area contributed by atoms with Crippen LogP contribution in [0.2, 0.25) is 0 Å². The molecule has 1 saturated heterocycles. The molecule has 0 aliphatic carbocycles. The van der Waals surface area contributed by atoms with Crippen molar-refractivity contribution in [3.8, 4) is 0 Å². The van der Waals surface area contributed by atoms with Crippen molar-refractivity contribution in [2.24, 2.45) is 0 Å². The van der Waals surface area contributed by atoms with Crippen molar-refractivity contribution in [1.82, 2.24) is 30.1 Å². The van der Waals surface area contributed by atoms with E-state index < -0.39 is 11.7 Å². The number of hydrogen-bond donors (Lipinski definition) is 1. The van der Waals surface area contributed by atoms with Crippen molar-refractivity contribution < 1.29 is 18.0 Å². The molecule has 2 heterocycles. The van der Waals surface area contributed by atoms with Crippen LogP contribution in [-0.4, -0.2) is 75.5 Å². The first-order chi connectivity index (χ1) is 15.1. The number of benzene rings is 1. The number of amides is 1. The Hall–Kier alpha value is -2.46. The first-order valence-corrected chi connectivity index (χ1v) is 11.0.